The van der Waals surface area contributed by atoms with Crippen molar-refractivity contribution in [2.45, 2.75) is 6.54 Å². The first-order valence-corrected chi connectivity index (χ1v) is 9.67. The zero-order chi connectivity index (χ0) is 19.6. The molecular weight excluding hydrogens is 366 g/mol. The van der Waals surface area contributed by atoms with Crippen LogP contribution in [0.4, 0.5) is 5.82 Å². The second-order valence-corrected chi connectivity index (χ2v) is 7.07. The maximum absolute atomic E-state index is 12.8. The van der Waals surface area contributed by atoms with Crippen LogP contribution in [0.2, 0.25) is 0 Å². The van der Waals surface area contributed by atoms with E-state index in [-0.39, 0.29) is 5.91 Å². The highest BCUT2D eigenvalue weighted by molar-refractivity contribution is 5.80. The molecule has 1 aliphatic rings. The number of carbonyl (C=O) groups excluding carboxylic acids is 1. The van der Waals surface area contributed by atoms with Gasteiger partial charge in [-0.3, -0.25) is 4.79 Å². The molecule has 0 aliphatic carbocycles. The van der Waals surface area contributed by atoms with E-state index in [0.717, 1.165) is 35.8 Å². The number of hydrogen-bond donors (Lipinski definition) is 0. The second-order valence-electron chi connectivity index (χ2n) is 7.07. The molecule has 5 rings (SSSR count). The minimum absolute atomic E-state index is 0.113. The number of carbonyl (C=O) groups is 1. The fraction of sp³-hybridized carbons (Fsp3) is 0.238. The summed E-state index contributed by atoms with van der Waals surface area (Å²) in [7, 11) is 0. The number of fused-ring (bicyclic) bond motifs is 1. The van der Waals surface area contributed by atoms with Gasteiger partial charge in [-0.15, -0.1) is 10.2 Å². The third-order valence-corrected chi connectivity index (χ3v) is 5.29. The molecule has 29 heavy (non-hydrogen) atoms. The fourth-order valence-electron chi connectivity index (χ4n) is 3.68. The number of nitrogens with zero attached hydrogens (tertiary/aromatic N) is 7. The Kier molecular flexibility index (Phi) is 4.44. The van der Waals surface area contributed by atoms with E-state index in [1.807, 2.05) is 75.0 Å². The number of para-hydroxylation sites is 2. The van der Waals surface area contributed by atoms with Gasteiger partial charge in [0.05, 0.1) is 17.4 Å². The van der Waals surface area contributed by atoms with E-state index < -0.39 is 0 Å². The molecule has 4 heterocycles. The lowest BCUT2D eigenvalue weighted by molar-refractivity contribution is -0.132. The van der Waals surface area contributed by atoms with Gasteiger partial charge in [0.1, 0.15) is 6.54 Å². The summed E-state index contributed by atoms with van der Waals surface area (Å²) in [5, 5.41) is 8.67. The van der Waals surface area contributed by atoms with Crippen LogP contribution in [-0.4, -0.2) is 61.3 Å². The average molecular weight is 387 g/mol. The van der Waals surface area contributed by atoms with E-state index in [0.29, 0.717) is 19.6 Å². The van der Waals surface area contributed by atoms with Crippen LogP contribution in [0.5, 0.6) is 0 Å². The van der Waals surface area contributed by atoms with Crippen LogP contribution in [0.1, 0.15) is 0 Å². The van der Waals surface area contributed by atoms with Gasteiger partial charge in [0.15, 0.2) is 11.6 Å². The molecule has 8 nitrogen and oxygen atoms in total. The second kappa shape index (κ2) is 7.38. The fourth-order valence-corrected chi connectivity index (χ4v) is 3.68. The molecule has 1 aliphatic heterocycles. The van der Waals surface area contributed by atoms with Crippen molar-refractivity contribution in [2.24, 2.45) is 0 Å². The number of benzene rings is 1. The van der Waals surface area contributed by atoms with Gasteiger partial charge in [0.2, 0.25) is 5.91 Å². The summed E-state index contributed by atoms with van der Waals surface area (Å²) < 4.78 is 3.84. The van der Waals surface area contributed by atoms with Gasteiger partial charge in [0, 0.05) is 38.6 Å². The molecular formula is C21H21N7O. The number of hydrogen-bond acceptors (Lipinski definition) is 5. The van der Waals surface area contributed by atoms with Gasteiger partial charge in [-0.2, -0.15) is 0 Å². The molecule has 1 aromatic carbocycles. The lowest BCUT2D eigenvalue weighted by atomic mass is 10.3. The lowest BCUT2D eigenvalue weighted by Crippen LogP contribution is -2.49. The van der Waals surface area contributed by atoms with Crippen molar-refractivity contribution < 1.29 is 4.79 Å². The first-order chi connectivity index (χ1) is 14.3. The summed E-state index contributed by atoms with van der Waals surface area (Å²) in [6, 6.07) is 15.7. The first-order valence-electron chi connectivity index (χ1n) is 9.67. The third kappa shape index (κ3) is 3.44. The summed E-state index contributed by atoms with van der Waals surface area (Å²) in [5.74, 6) is 1.75. The maximum Gasteiger partial charge on any atom is 0.242 e. The van der Waals surface area contributed by atoms with E-state index in [2.05, 4.69) is 20.1 Å². The van der Waals surface area contributed by atoms with Crippen molar-refractivity contribution in [1.29, 1.82) is 0 Å². The van der Waals surface area contributed by atoms with Crippen molar-refractivity contribution in [3.05, 3.63) is 67.3 Å². The maximum atomic E-state index is 12.8. The zero-order valence-electron chi connectivity index (χ0n) is 15.9. The SMILES string of the molecule is O=C(Cn1cnc2ccccc21)N1CCN(c2ccc(-n3cccc3)nn2)CC1. The number of amides is 1. The Morgan fingerprint density at radius 2 is 1.59 bits per heavy atom. The molecule has 1 amide bonds. The summed E-state index contributed by atoms with van der Waals surface area (Å²) in [6.07, 6.45) is 5.62. The normalized spacial score (nSPS) is 14.5. The van der Waals surface area contributed by atoms with E-state index in [1.165, 1.54) is 0 Å². The number of aromatic nitrogens is 5. The monoisotopic (exact) mass is 387 g/mol. The Hall–Kier alpha value is -3.68. The molecule has 0 N–H and O–H groups in total. The summed E-state index contributed by atoms with van der Waals surface area (Å²) in [6.45, 7) is 3.15. The van der Waals surface area contributed by atoms with Crippen LogP contribution in [0, 0.1) is 0 Å². The van der Waals surface area contributed by atoms with Gasteiger partial charge < -0.3 is 18.9 Å². The molecule has 0 unspecified atom stereocenters. The highest BCUT2D eigenvalue weighted by Crippen LogP contribution is 2.16. The number of imidazole rings is 1. The molecule has 1 fully saturated rings. The van der Waals surface area contributed by atoms with Gasteiger partial charge in [-0.25, -0.2) is 4.98 Å². The van der Waals surface area contributed by atoms with Crippen molar-refractivity contribution in [3.8, 4) is 5.82 Å². The zero-order valence-corrected chi connectivity index (χ0v) is 15.9. The molecule has 0 bridgehead atoms. The first kappa shape index (κ1) is 17.4. The Bertz CT molecular complexity index is 1110. The van der Waals surface area contributed by atoms with Gasteiger partial charge in [-0.1, -0.05) is 12.1 Å². The Balaban J connectivity index is 1.20. The van der Waals surface area contributed by atoms with Crippen LogP contribution in [0.15, 0.2) is 67.3 Å². The summed E-state index contributed by atoms with van der Waals surface area (Å²) >= 11 is 0. The minimum atomic E-state index is 0.113. The van der Waals surface area contributed by atoms with Crippen LogP contribution in [0.25, 0.3) is 16.9 Å². The third-order valence-electron chi connectivity index (χ3n) is 5.29. The predicted octanol–water partition coefficient (Wildman–Crippen LogP) is 1.97. The van der Waals surface area contributed by atoms with Crippen LogP contribution in [0.3, 0.4) is 0 Å². The Labute approximate surface area is 168 Å². The van der Waals surface area contributed by atoms with E-state index >= 15 is 0 Å². The molecule has 0 saturated carbocycles. The molecule has 1 saturated heterocycles. The summed E-state index contributed by atoms with van der Waals surface area (Å²) in [5.41, 5.74) is 1.89. The van der Waals surface area contributed by atoms with Crippen LogP contribution in [-0.2, 0) is 11.3 Å². The van der Waals surface area contributed by atoms with Gasteiger partial charge in [-0.05, 0) is 36.4 Å². The van der Waals surface area contributed by atoms with E-state index in [4.69, 9.17) is 0 Å². The lowest BCUT2D eigenvalue weighted by Gasteiger charge is -2.35. The highest BCUT2D eigenvalue weighted by atomic mass is 16.2. The quantitative estimate of drug-likeness (QED) is 0.535. The molecule has 0 atom stereocenters. The molecule has 0 radical (unpaired) electrons. The smallest absolute Gasteiger partial charge is 0.242 e. The number of piperazine rings is 1. The van der Waals surface area contributed by atoms with Crippen LogP contribution < -0.4 is 4.90 Å². The van der Waals surface area contributed by atoms with Crippen molar-refractivity contribution >= 4 is 22.8 Å². The molecule has 146 valence electrons. The van der Waals surface area contributed by atoms with Crippen LogP contribution >= 0.6 is 0 Å². The predicted molar refractivity (Wildman–Crippen MR) is 110 cm³/mol. The van der Waals surface area contributed by atoms with E-state index in [1.54, 1.807) is 6.33 Å². The van der Waals surface area contributed by atoms with Gasteiger partial charge in [0.25, 0.3) is 0 Å². The molecule has 8 heteroatoms. The Morgan fingerprint density at radius 1 is 0.862 bits per heavy atom. The van der Waals surface area contributed by atoms with Crippen molar-refractivity contribution in [1.82, 2.24) is 29.2 Å². The number of rotatable bonds is 4. The van der Waals surface area contributed by atoms with Gasteiger partial charge >= 0.3 is 0 Å². The molecule has 4 aromatic rings. The molecule has 3 aromatic heterocycles. The van der Waals surface area contributed by atoms with E-state index in [9.17, 15) is 4.79 Å². The Morgan fingerprint density at radius 3 is 2.34 bits per heavy atom. The minimum Gasteiger partial charge on any atom is -0.352 e. The molecule has 0 spiro atoms. The number of anilines is 1. The van der Waals surface area contributed by atoms with Crippen molar-refractivity contribution in [2.75, 3.05) is 31.1 Å². The highest BCUT2D eigenvalue weighted by Gasteiger charge is 2.22. The average Bonchev–Trinajstić information content (AvgIpc) is 3.45. The van der Waals surface area contributed by atoms with Crippen molar-refractivity contribution in [3.63, 3.8) is 0 Å². The largest absolute Gasteiger partial charge is 0.352 e. The topological polar surface area (TPSA) is 72.1 Å². The summed E-state index contributed by atoms with van der Waals surface area (Å²) in [4.78, 5) is 21.2. The standard InChI is InChI=1S/C21H21N7O/c29-21(15-28-16-22-17-5-1-2-6-18(17)28)27-13-11-26(12-14-27)20-8-7-19(23-24-20)25-9-3-4-10-25/h1-10,16H,11-15H2.